The van der Waals surface area contributed by atoms with E-state index in [9.17, 15) is 4.79 Å². The molecule has 0 fully saturated rings. The summed E-state index contributed by atoms with van der Waals surface area (Å²) in [5.74, 6) is -0.0199. The maximum Gasteiger partial charge on any atom is 0.243 e. The smallest absolute Gasteiger partial charge is 0.243 e. The highest BCUT2D eigenvalue weighted by atomic mass is 35.5. The lowest BCUT2D eigenvalue weighted by molar-refractivity contribution is -0.118. The first kappa shape index (κ1) is 15.9. The summed E-state index contributed by atoms with van der Waals surface area (Å²) < 4.78 is 1.08. The summed E-state index contributed by atoms with van der Waals surface area (Å²) in [5.41, 5.74) is 3.43. The van der Waals surface area contributed by atoms with Gasteiger partial charge >= 0.3 is 0 Å². The Morgan fingerprint density at radius 2 is 1.87 bits per heavy atom. The van der Waals surface area contributed by atoms with Gasteiger partial charge in [-0.1, -0.05) is 47.7 Å². The summed E-state index contributed by atoms with van der Waals surface area (Å²) in [4.78, 5) is 16.9. The molecule has 1 atom stereocenters. The van der Waals surface area contributed by atoms with Crippen LogP contribution in [0.4, 0.5) is 5.13 Å². The fourth-order valence-corrected chi connectivity index (χ4v) is 3.63. The molecule has 1 aliphatic heterocycles. The number of anilines is 1. The molecule has 0 bridgehead atoms. The topological polar surface area (TPSA) is 54.0 Å². The third kappa shape index (κ3) is 3.22. The average Bonchev–Trinajstić information content (AvgIpc) is 2.96. The Morgan fingerprint density at radius 1 is 1.13 bits per heavy atom. The van der Waals surface area contributed by atoms with Crippen LogP contribution in [0.1, 0.15) is 11.1 Å². The molecular formula is C17H16ClN3OS. The summed E-state index contributed by atoms with van der Waals surface area (Å²) in [6.07, 6.45) is 0.715. The van der Waals surface area contributed by atoms with Crippen molar-refractivity contribution >= 4 is 45.0 Å². The number of hydrogen-bond acceptors (Lipinski definition) is 4. The predicted molar refractivity (Wildman–Crippen MR) is 96.3 cm³/mol. The largest absolute Gasteiger partial charge is 0.301 e. The quantitative estimate of drug-likeness (QED) is 0.748. The molecule has 1 aliphatic rings. The molecule has 2 aromatic carbocycles. The van der Waals surface area contributed by atoms with Crippen molar-refractivity contribution in [3.63, 3.8) is 0 Å². The Bertz CT molecular complexity index is 815. The van der Waals surface area contributed by atoms with E-state index in [4.69, 9.17) is 0 Å². The molecule has 0 saturated carbocycles. The van der Waals surface area contributed by atoms with Crippen LogP contribution in [0.15, 0.2) is 48.5 Å². The Kier molecular flexibility index (Phi) is 4.61. The number of benzene rings is 2. The van der Waals surface area contributed by atoms with Gasteiger partial charge in [-0.3, -0.25) is 4.79 Å². The Labute approximate surface area is 144 Å². The van der Waals surface area contributed by atoms with Gasteiger partial charge in [-0.2, -0.15) is 0 Å². The molecule has 0 radical (unpaired) electrons. The van der Waals surface area contributed by atoms with Gasteiger partial charge in [0.25, 0.3) is 0 Å². The number of fused-ring (bicyclic) bond motifs is 2. The van der Waals surface area contributed by atoms with Crippen molar-refractivity contribution in [3.8, 4) is 0 Å². The van der Waals surface area contributed by atoms with Crippen LogP contribution >= 0.6 is 23.7 Å². The lowest BCUT2D eigenvalue weighted by atomic mass is 9.95. The van der Waals surface area contributed by atoms with Crippen LogP contribution in [-0.2, 0) is 17.8 Å². The first-order valence-corrected chi connectivity index (χ1v) is 8.08. The number of thiazole rings is 1. The normalized spacial score (nSPS) is 16.4. The number of carbonyl (C=O) groups excluding carboxylic acids is 1. The van der Waals surface area contributed by atoms with Crippen LogP contribution in [0.25, 0.3) is 10.2 Å². The zero-order valence-electron chi connectivity index (χ0n) is 12.3. The van der Waals surface area contributed by atoms with Gasteiger partial charge in [-0.15, -0.1) is 12.4 Å². The van der Waals surface area contributed by atoms with Gasteiger partial charge in [0.15, 0.2) is 5.13 Å². The molecule has 2 heterocycles. The molecule has 0 unspecified atom stereocenters. The SMILES string of the molecule is Cl.O=C(Nc1nc2ccccc2s1)[C@@H]1Cc2ccccc2CN1. The lowest BCUT2D eigenvalue weighted by Crippen LogP contribution is -2.44. The number of hydrogen-bond donors (Lipinski definition) is 2. The summed E-state index contributed by atoms with van der Waals surface area (Å²) in [7, 11) is 0. The van der Waals surface area contributed by atoms with E-state index in [-0.39, 0.29) is 24.4 Å². The van der Waals surface area contributed by atoms with Gasteiger partial charge in [0, 0.05) is 6.54 Å². The fraction of sp³-hybridized carbons (Fsp3) is 0.176. The highest BCUT2D eigenvalue weighted by molar-refractivity contribution is 7.22. The van der Waals surface area contributed by atoms with E-state index in [0.29, 0.717) is 11.6 Å². The molecular weight excluding hydrogens is 330 g/mol. The highest BCUT2D eigenvalue weighted by Crippen LogP contribution is 2.26. The summed E-state index contributed by atoms with van der Waals surface area (Å²) in [6.45, 7) is 0.730. The van der Waals surface area contributed by atoms with E-state index in [0.717, 1.165) is 16.8 Å². The lowest BCUT2D eigenvalue weighted by Gasteiger charge is -2.24. The Morgan fingerprint density at radius 3 is 2.70 bits per heavy atom. The van der Waals surface area contributed by atoms with Crippen molar-refractivity contribution in [2.75, 3.05) is 5.32 Å². The number of carbonyl (C=O) groups is 1. The molecule has 0 spiro atoms. The number of para-hydroxylation sites is 1. The van der Waals surface area contributed by atoms with Crippen LogP contribution in [0.2, 0.25) is 0 Å². The van der Waals surface area contributed by atoms with E-state index < -0.39 is 0 Å². The minimum Gasteiger partial charge on any atom is -0.301 e. The van der Waals surface area contributed by atoms with E-state index >= 15 is 0 Å². The summed E-state index contributed by atoms with van der Waals surface area (Å²) in [6, 6.07) is 15.9. The van der Waals surface area contributed by atoms with E-state index in [1.807, 2.05) is 36.4 Å². The van der Waals surface area contributed by atoms with E-state index in [2.05, 4.69) is 27.8 Å². The molecule has 0 saturated heterocycles. The number of rotatable bonds is 2. The third-order valence-electron chi connectivity index (χ3n) is 3.92. The molecule has 1 amide bonds. The van der Waals surface area contributed by atoms with Gasteiger partial charge in [0.1, 0.15) is 0 Å². The van der Waals surface area contributed by atoms with Gasteiger partial charge < -0.3 is 10.6 Å². The predicted octanol–water partition coefficient (Wildman–Crippen LogP) is 3.37. The van der Waals surface area contributed by atoms with Crippen LogP contribution < -0.4 is 10.6 Å². The maximum atomic E-state index is 12.4. The molecule has 4 nitrogen and oxygen atoms in total. The van der Waals surface area contributed by atoms with E-state index in [1.165, 1.54) is 22.5 Å². The van der Waals surface area contributed by atoms with Gasteiger partial charge in [-0.05, 0) is 29.7 Å². The van der Waals surface area contributed by atoms with Crippen molar-refractivity contribution in [2.45, 2.75) is 19.0 Å². The number of aromatic nitrogens is 1. The fourth-order valence-electron chi connectivity index (χ4n) is 2.76. The van der Waals surface area contributed by atoms with Crippen molar-refractivity contribution in [1.29, 1.82) is 0 Å². The van der Waals surface area contributed by atoms with Gasteiger partial charge in [0.2, 0.25) is 5.91 Å². The molecule has 0 aliphatic carbocycles. The van der Waals surface area contributed by atoms with Gasteiger partial charge in [-0.25, -0.2) is 4.98 Å². The zero-order valence-corrected chi connectivity index (χ0v) is 13.9. The summed E-state index contributed by atoms with van der Waals surface area (Å²) >= 11 is 1.50. The first-order chi connectivity index (χ1) is 10.8. The number of nitrogens with one attached hydrogen (secondary N) is 2. The molecule has 2 N–H and O–H groups in total. The third-order valence-corrected chi connectivity index (χ3v) is 4.87. The maximum absolute atomic E-state index is 12.4. The number of nitrogens with zero attached hydrogens (tertiary/aromatic N) is 1. The highest BCUT2D eigenvalue weighted by Gasteiger charge is 2.24. The van der Waals surface area contributed by atoms with Crippen LogP contribution in [0, 0.1) is 0 Å². The summed E-state index contributed by atoms with van der Waals surface area (Å²) in [5, 5.41) is 6.89. The van der Waals surface area contributed by atoms with Crippen molar-refractivity contribution in [3.05, 3.63) is 59.7 Å². The minimum atomic E-state index is -0.207. The zero-order chi connectivity index (χ0) is 14.9. The van der Waals surface area contributed by atoms with Crippen molar-refractivity contribution in [2.24, 2.45) is 0 Å². The first-order valence-electron chi connectivity index (χ1n) is 7.26. The molecule has 4 rings (SSSR count). The van der Waals surface area contributed by atoms with Gasteiger partial charge in [0.05, 0.1) is 16.3 Å². The Hall–Kier alpha value is -1.95. The van der Waals surface area contributed by atoms with Crippen molar-refractivity contribution < 1.29 is 4.79 Å². The molecule has 118 valence electrons. The van der Waals surface area contributed by atoms with E-state index in [1.54, 1.807) is 0 Å². The molecule has 23 heavy (non-hydrogen) atoms. The van der Waals surface area contributed by atoms with Crippen LogP contribution in [0.3, 0.4) is 0 Å². The van der Waals surface area contributed by atoms with Crippen LogP contribution in [0.5, 0.6) is 0 Å². The second-order valence-electron chi connectivity index (χ2n) is 5.38. The number of amides is 1. The molecule has 1 aromatic heterocycles. The van der Waals surface area contributed by atoms with Crippen LogP contribution in [-0.4, -0.2) is 16.9 Å². The molecule has 6 heteroatoms. The second-order valence-corrected chi connectivity index (χ2v) is 6.41. The molecule has 3 aromatic rings. The average molecular weight is 346 g/mol. The Balaban J connectivity index is 0.00000156. The van der Waals surface area contributed by atoms with Crippen molar-refractivity contribution in [1.82, 2.24) is 10.3 Å². The number of halogens is 1. The standard InChI is InChI=1S/C17H15N3OS.ClH/c21-16(14-9-11-5-1-2-6-12(11)10-18-14)20-17-19-13-7-3-4-8-15(13)22-17;/h1-8,14,18H,9-10H2,(H,19,20,21);1H/t14-;/m0./s1. The monoisotopic (exact) mass is 345 g/mol. The minimum absolute atomic E-state index is 0. The second kappa shape index (κ2) is 6.66.